The van der Waals surface area contributed by atoms with Crippen molar-refractivity contribution < 1.29 is 13.9 Å². The van der Waals surface area contributed by atoms with Crippen LogP contribution in [0.3, 0.4) is 0 Å². The molecule has 0 radical (unpaired) electrons. The average Bonchev–Trinajstić information content (AvgIpc) is 2.30. The van der Waals surface area contributed by atoms with Gasteiger partial charge >= 0.3 is 5.97 Å². The summed E-state index contributed by atoms with van der Waals surface area (Å²) in [7, 11) is 1.70. The SMILES string of the molecule is CCOC(=O)CC(NC)c1cc(C)ccc1F. The number of esters is 1. The number of halogens is 1. The molecular formula is C13H18FNO2. The highest BCUT2D eigenvalue weighted by Crippen LogP contribution is 2.21. The van der Waals surface area contributed by atoms with Crippen LogP contribution in [0, 0.1) is 12.7 Å². The molecule has 0 bridgehead atoms. The van der Waals surface area contributed by atoms with Crippen molar-refractivity contribution in [3.05, 3.63) is 35.1 Å². The van der Waals surface area contributed by atoms with E-state index >= 15 is 0 Å². The number of aryl methyl sites for hydroxylation is 1. The molecule has 0 aliphatic carbocycles. The molecule has 0 aliphatic heterocycles. The van der Waals surface area contributed by atoms with Crippen molar-refractivity contribution >= 4 is 5.97 Å². The Kier molecular flexibility index (Phi) is 5.10. The van der Waals surface area contributed by atoms with Gasteiger partial charge in [-0.3, -0.25) is 4.79 Å². The molecule has 1 aromatic rings. The first-order chi connectivity index (χ1) is 8.08. The number of carbonyl (C=O) groups excluding carboxylic acids is 1. The molecule has 1 atom stereocenters. The van der Waals surface area contributed by atoms with Gasteiger partial charge in [0.25, 0.3) is 0 Å². The smallest absolute Gasteiger partial charge is 0.307 e. The summed E-state index contributed by atoms with van der Waals surface area (Å²) in [5, 5.41) is 2.93. The topological polar surface area (TPSA) is 38.3 Å². The zero-order valence-corrected chi connectivity index (χ0v) is 10.4. The highest BCUT2D eigenvalue weighted by Gasteiger charge is 2.18. The summed E-state index contributed by atoms with van der Waals surface area (Å²) in [6, 6.07) is 4.51. The predicted octanol–water partition coefficient (Wildman–Crippen LogP) is 2.35. The lowest BCUT2D eigenvalue weighted by atomic mass is 10.0. The van der Waals surface area contributed by atoms with E-state index in [2.05, 4.69) is 5.32 Å². The van der Waals surface area contributed by atoms with E-state index in [1.54, 1.807) is 26.1 Å². The minimum absolute atomic E-state index is 0.130. The van der Waals surface area contributed by atoms with Crippen LogP contribution < -0.4 is 5.32 Å². The monoisotopic (exact) mass is 239 g/mol. The lowest BCUT2D eigenvalue weighted by molar-refractivity contribution is -0.143. The van der Waals surface area contributed by atoms with Gasteiger partial charge in [-0.15, -0.1) is 0 Å². The summed E-state index contributed by atoms with van der Waals surface area (Å²) in [4.78, 5) is 11.4. The summed E-state index contributed by atoms with van der Waals surface area (Å²) in [5.41, 5.74) is 1.46. The minimum atomic E-state index is -0.353. The third-order valence-electron chi connectivity index (χ3n) is 2.55. The molecule has 1 N–H and O–H groups in total. The van der Waals surface area contributed by atoms with E-state index in [0.29, 0.717) is 12.2 Å². The van der Waals surface area contributed by atoms with Gasteiger partial charge in [0, 0.05) is 11.6 Å². The van der Waals surface area contributed by atoms with Crippen LogP contribution in [0.15, 0.2) is 18.2 Å². The lowest BCUT2D eigenvalue weighted by Gasteiger charge is -2.17. The van der Waals surface area contributed by atoms with Crippen molar-refractivity contribution in [3.63, 3.8) is 0 Å². The summed E-state index contributed by atoms with van der Waals surface area (Å²) in [6.07, 6.45) is 0.130. The fourth-order valence-corrected chi connectivity index (χ4v) is 1.68. The largest absolute Gasteiger partial charge is 0.466 e. The number of ether oxygens (including phenoxy) is 1. The van der Waals surface area contributed by atoms with Crippen molar-refractivity contribution in [1.29, 1.82) is 0 Å². The lowest BCUT2D eigenvalue weighted by Crippen LogP contribution is -2.22. The van der Waals surface area contributed by atoms with Gasteiger partial charge in [-0.1, -0.05) is 17.7 Å². The van der Waals surface area contributed by atoms with Gasteiger partial charge in [0.15, 0.2) is 0 Å². The molecule has 0 saturated carbocycles. The maximum Gasteiger partial charge on any atom is 0.307 e. The van der Waals surface area contributed by atoms with Gasteiger partial charge in [-0.25, -0.2) is 4.39 Å². The van der Waals surface area contributed by atoms with E-state index in [9.17, 15) is 9.18 Å². The molecule has 17 heavy (non-hydrogen) atoms. The first kappa shape index (κ1) is 13.6. The molecule has 0 saturated heterocycles. The molecule has 3 nitrogen and oxygen atoms in total. The van der Waals surface area contributed by atoms with E-state index in [1.807, 2.05) is 6.92 Å². The molecule has 4 heteroatoms. The highest BCUT2D eigenvalue weighted by molar-refractivity contribution is 5.70. The van der Waals surface area contributed by atoms with Crippen LogP contribution in [-0.4, -0.2) is 19.6 Å². The highest BCUT2D eigenvalue weighted by atomic mass is 19.1. The minimum Gasteiger partial charge on any atom is -0.466 e. The van der Waals surface area contributed by atoms with Crippen LogP contribution >= 0.6 is 0 Å². The van der Waals surface area contributed by atoms with E-state index in [-0.39, 0.29) is 24.2 Å². The standard InChI is InChI=1S/C13H18FNO2/c1-4-17-13(16)8-12(15-3)10-7-9(2)5-6-11(10)14/h5-7,12,15H,4,8H2,1-3H3. The van der Waals surface area contributed by atoms with E-state index < -0.39 is 0 Å². The molecule has 1 aromatic carbocycles. The molecule has 94 valence electrons. The van der Waals surface area contributed by atoms with E-state index in [1.165, 1.54) is 6.07 Å². The Morgan fingerprint density at radius 1 is 1.53 bits per heavy atom. The maximum atomic E-state index is 13.7. The summed E-state index contributed by atoms with van der Waals surface area (Å²) in [6.45, 7) is 3.98. The quantitative estimate of drug-likeness (QED) is 0.801. The van der Waals surface area contributed by atoms with Crippen LogP contribution in [-0.2, 0) is 9.53 Å². The summed E-state index contributed by atoms with van der Waals surface area (Å²) in [5.74, 6) is -0.632. The summed E-state index contributed by atoms with van der Waals surface area (Å²) < 4.78 is 18.5. The number of hydrogen-bond acceptors (Lipinski definition) is 3. The zero-order valence-electron chi connectivity index (χ0n) is 10.4. The third-order valence-corrected chi connectivity index (χ3v) is 2.55. The number of carbonyl (C=O) groups is 1. The van der Waals surface area contributed by atoms with Gasteiger partial charge < -0.3 is 10.1 Å². The number of rotatable bonds is 5. The first-order valence-electron chi connectivity index (χ1n) is 5.67. The van der Waals surface area contributed by atoms with Crippen molar-refractivity contribution in [1.82, 2.24) is 5.32 Å². The Labute approximate surface area is 101 Å². The second-order valence-electron chi connectivity index (χ2n) is 3.88. The zero-order chi connectivity index (χ0) is 12.8. The van der Waals surface area contributed by atoms with Crippen LogP contribution in [0.25, 0.3) is 0 Å². The average molecular weight is 239 g/mol. The second kappa shape index (κ2) is 6.35. The Hall–Kier alpha value is -1.42. The summed E-state index contributed by atoms with van der Waals surface area (Å²) >= 11 is 0. The molecule has 0 heterocycles. The Bertz CT molecular complexity index is 393. The van der Waals surface area contributed by atoms with Crippen molar-refractivity contribution in [2.75, 3.05) is 13.7 Å². The van der Waals surface area contributed by atoms with E-state index in [0.717, 1.165) is 5.56 Å². The molecule has 0 spiro atoms. The fraction of sp³-hybridized carbons (Fsp3) is 0.462. The molecule has 0 fully saturated rings. The third kappa shape index (κ3) is 3.82. The maximum absolute atomic E-state index is 13.7. The second-order valence-corrected chi connectivity index (χ2v) is 3.88. The van der Waals surface area contributed by atoms with Gasteiger partial charge in [0.05, 0.1) is 13.0 Å². The molecular weight excluding hydrogens is 221 g/mol. The Balaban J connectivity index is 2.85. The predicted molar refractivity (Wildman–Crippen MR) is 64.2 cm³/mol. The molecule has 0 aromatic heterocycles. The first-order valence-corrected chi connectivity index (χ1v) is 5.67. The van der Waals surface area contributed by atoms with Gasteiger partial charge in [0.1, 0.15) is 5.82 Å². The van der Waals surface area contributed by atoms with Crippen LogP contribution in [0.4, 0.5) is 4.39 Å². The molecule has 1 rings (SSSR count). The van der Waals surface area contributed by atoms with Gasteiger partial charge in [0.2, 0.25) is 0 Å². The number of benzene rings is 1. The van der Waals surface area contributed by atoms with Crippen LogP contribution in [0.1, 0.15) is 30.5 Å². The van der Waals surface area contributed by atoms with Crippen molar-refractivity contribution in [2.24, 2.45) is 0 Å². The van der Waals surface area contributed by atoms with Crippen LogP contribution in [0.2, 0.25) is 0 Å². The molecule has 0 aliphatic rings. The van der Waals surface area contributed by atoms with Gasteiger partial charge in [-0.2, -0.15) is 0 Å². The van der Waals surface area contributed by atoms with E-state index in [4.69, 9.17) is 4.74 Å². The molecule has 0 amide bonds. The van der Waals surface area contributed by atoms with Crippen LogP contribution in [0.5, 0.6) is 0 Å². The Morgan fingerprint density at radius 2 is 2.24 bits per heavy atom. The normalized spacial score (nSPS) is 12.2. The number of nitrogens with one attached hydrogen (secondary N) is 1. The van der Waals surface area contributed by atoms with Crippen molar-refractivity contribution in [3.8, 4) is 0 Å². The van der Waals surface area contributed by atoms with Crippen molar-refractivity contribution in [2.45, 2.75) is 26.3 Å². The van der Waals surface area contributed by atoms with Gasteiger partial charge in [-0.05, 0) is 27.0 Å². The number of hydrogen-bond donors (Lipinski definition) is 1. The molecule has 1 unspecified atom stereocenters. The Morgan fingerprint density at radius 3 is 2.82 bits per heavy atom. The fourth-order valence-electron chi connectivity index (χ4n) is 1.68.